The van der Waals surface area contributed by atoms with Crippen LogP contribution in [0, 0.1) is 0 Å². The molecule has 0 aromatic rings. The maximum absolute atomic E-state index is 8.37. The van der Waals surface area contributed by atoms with Crippen LogP contribution in [0.5, 0.6) is 0 Å². The lowest BCUT2D eigenvalue weighted by molar-refractivity contribution is 0.258. The van der Waals surface area contributed by atoms with Gasteiger partial charge in [-0.1, -0.05) is 5.16 Å². The van der Waals surface area contributed by atoms with Gasteiger partial charge >= 0.3 is 0 Å². The molecule has 0 aliphatic heterocycles. The molecule has 0 radical (unpaired) electrons. The van der Waals surface area contributed by atoms with Gasteiger partial charge in [0.1, 0.15) is 5.84 Å². The van der Waals surface area contributed by atoms with Gasteiger partial charge < -0.3 is 15.8 Å². The number of rotatable bonds is 7. The molecule has 0 fully saturated rings. The highest BCUT2D eigenvalue weighted by atomic mass is 32.2. The van der Waals surface area contributed by atoms with Crippen molar-refractivity contribution in [2.24, 2.45) is 10.9 Å². The van der Waals surface area contributed by atoms with Crippen molar-refractivity contribution in [3.05, 3.63) is 0 Å². The van der Waals surface area contributed by atoms with E-state index in [1.54, 1.807) is 0 Å². The summed E-state index contributed by atoms with van der Waals surface area (Å²) in [4.78, 5) is 2.23. The summed E-state index contributed by atoms with van der Waals surface area (Å²) in [6, 6.07) is 0.550. The molecule has 0 aromatic carbocycles. The molecular formula is C9H21N3OS. The highest BCUT2D eigenvalue weighted by Crippen LogP contribution is 2.06. The predicted molar refractivity (Wildman–Crippen MR) is 63.1 cm³/mol. The summed E-state index contributed by atoms with van der Waals surface area (Å²) in [5.41, 5.74) is 5.39. The Morgan fingerprint density at radius 1 is 1.64 bits per heavy atom. The molecule has 0 aliphatic rings. The van der Waals surface area contributed by atoms with Crippen molar-refractivity contribution in [3.8, 4) is 0 Å². The summed E-state index contributed by atoms with van der Waals surface area (Å²) in [5.74, 6) is 1.48. The van der Waals surface area contributed by atoms with Crippen LogP contribution in [-0.4, -0.2) is 47.6 Å². The van der Waals surface area contributed by atoms with Crippen molar-refractivity contribution in [2.75, 3.05) is 25.6 Å². The highest BCUT2D eigenvalue weighted by molar-refractivity contribution is 7.98. The maximum atomic E-state index is 8.37. The third kappa shape index (κ3) is 6.10. The van der Waals surface area contributed by atoms with Gasteiger partial charge in [0.15, 0.2) is 0 Å². The number of hydrogen-bond donors (Lipinski definition) is 2. The Labute approximate surface area is 90.5 Å². The minimum absolute atomic E-state index is 0.300. The first-order valence-electron chi connectivity index (χ1n) is 4.77. The van der Waals surface area contributed by atoms with E-state index < -0.39 is 0 Å². The zero-order valence-electron chi connectivity index (χ0n) is 9.23. The van der Waals surface area contributed by atoms with Crippen LogP contribution in [0.2, 0.25) is 0 Å². The molecule has 0 rings (SSSR count). The lowest BCUT2D eigenvalue weighted by Gasteiger charge is -2.24. The van der Waals surface area contributed by atoms with E-state index >= 15 is 0 Å². The first-order chi connectivity index (χ1) is 6.61. The summed E-state index contributed by atoms with van der Waals surface area (Å²) in [6.45, 7) is 3.04. The van der Waals surface area contributed by atoms with Gasteiger partial charge in [-0.05, 0) is 32.4 Å². The molecule has 0 aromatic heterocycles. The van der Waals surface area contributed by atoms with E-state index in [0.29, 0.717) is 18.3 Å². The van der Waals surface area contributed by atoms with Crippen LogP contribution in [0.4, 0.5) is 0 Å². The fraction of sp³-hybridized carbons (Fsp3) is 0.889. The van der Waals surface area contributed by atoms with Crippen LogP contribution in [-0.2, 0) is 0 Å². The van der Waals surface area contributed by atoms with Gasteiger partial charge in [0.2, 0.25) is 0 Å². The van der Waals surface area contributed by atoms with Crippen molar-refractivity contribution in [1.29, 1.82) is 0 Å². The quantitative estimate of drug-likeness (QED) is 0.292. The van der Waals surface area contributed by atoms with E-state index in [4.69, 9.17) is 10.9 Å². The average molecular weight is 219 g/mol. The molecule has 0 amide bonds. The standard InChI is InChI=1S/C9H21N3OS/c1-8(5-7-14-3)12(2)6-4-9(10)11-13/h8,13H,4-7H2,1-3H3,(H2,10,11). The van der Waals surface area contributed by atoms with Crippen LogP contribution in [0.25, 0.3) is 0 Å². The van der Waals surface area contributed by atoms with Gasteiger partial charge in [-0.15, -0.1) is 0 Å². The van der Waals surface area contributed by atoms with E-state index in [1.807, 2.05) is 11.8 Å². The van der Waals surface area contributed by atoms with Crippen LogP contribution in [0.1, 0.15) is 19.8 Å². The summed E-state index contributed by atoms with van der Waals surface area (Å²) < 4.78 is 0. The first-order valence-corrected chi connectivity index (χ1v) is 6.16. The van der Waals surface area contributed by atoms with E-state index in [2.05, 4.69) is 30.3 Å². The smallest absolute Gasteiger partial charge is 0.140 e. The van der Waals surface area contributed by atoms with E-state index in [9.17, 15) is 0 Å². The topological polar surface area (TPSA) is 61.8 Å². The summed E-state index contributed by atoms with van der Waals surface area (Å²) in [5, 5.41) is 11.3. The van der Waals surface area contributed by atoms with Crippen molar-refractivity contribution < 1.29 is 5.21 Å². The van der Waals surface area contributed by atoms with Crippen LogP contribution >= 0.6 is 11.8 Å². The van der Waals surface area contributed by atoms with Gasteiger partial charge in [0.25, 0.3) is 0 Å². The summed E-state index contributed by atoms with van der Waals surface area (Å²) in [6.07, 6.45) is 3.91. The zero-order chi connectivity index (χ0) is 11.0. The second kappa shape index (κ2) is 7.94. The first kappa shape index (κ1) is 13.6. The molecule has 0 saturated carbocycles. The van der Waals surface area contributed by atoms with Crippen molar-refractivity contribution in [3.63, 3.8) is 0 Å². The molecule has 4 nitrogen and oxygen atoms in total. The third-order valence-electron chi connectivity index (χ3n) is 2.34. The molecule has 0 heterocycles. The van der Waals surface area contributed by atoms with Gasteiger partial charge in [-0.2, -0.15) is 11.8 Å². The summed E-state index contributed by atoms with van der Waals surface area (Å²) in [7, 11) is 2.07. The van der Waals surface area contributed by atoms with E-state index in [0.717, 1.165) is 6.54 Å². The van der Waals surface area contributed by atoms with Crippen LogP contribution in [0.15, 0.2) is 5.16 Å². The molecule has 1 atom stereocenters. The second-order valence-electron chi connectivity index (χ2n) is 3.45. The molecule has 1 unspecified atom stereocenters. The fourth-order valence-corrected chi connectivity index (χ4v) is 1.65. The van der Waals surface area contributed by atoms with Crippen molar-refractivity contribution in [2.45, 2.75) is 25.8 Å². The van der Waals surface area contributed by atoms with Crippen LogP contribution < -0.4 is 5.73 Å². The van der Waals surface area contributed by atoms with Gasteiger partial charge in [-0.25, -0.2) is 0 Å². The third-order valence-corrected chi connectivity index (χ3v) is 2.99. The van der Waals surface area contributed by atoms with E-state index in [-0.39, 0.29) is 0 Å². The molecule has 0 saturated heterocycles. The lowest BCUT2D eigenvalue weighted by atomic mass is 10.2. The maximum Gasteiger partial charge on any atom is 0.140 e. The Balaban J connectivity index is 3.66. The molecule has 0 bridgehead atoms. The zero-order valence-corrected chi connectivity index (χ0v) is 10.0. The van der Waals surface area contributed by atoms with Crippen molar-refractivity contribution >= 4 is 17.6 Å². The molecule has 0 aliphatic carbocycles. The Morgan fingerprint density at radius 2 is 2.29 bits per heavy atom. The van der Waals surface area contributed by atoms with Crippen LogP contribution in [0.3, 0.4) is 0 Å². The minimum Gasteiger partial charge on any atom is -0.409 e. The average Bonchev–Trinajstić information content (AvgIpc) is 2.21. The van der Waals surface area contributed by atoms with Gasteiger partial charge in [0, 0.05) is 19.0 Å². The number of amidine groups is 1. The molecule has 84 valence electrons. The lowest BCUT2D eigenvalue weighted by Crippen LogP contribution is -2.32. The number of nitrogens with zero attached hydrogens (tertiary/aromatic N) is 2. The largest absolute Gasteiger partial charge is 0.409 e. The van der Waals surface area contributed by atoms with Gasteiger partial charge in [-0.3, -0.25) is 0 Å². The number of hydrogen-bond acceptors (Lipinski definition) is 4. The number of nitrogens with two attached hydrogens (primary N) is 1. The normalized spacial score (nSPS) is 14.7. The van der Waals surface area contributed by atoms with Crippen molar-refractivity contribution in [1.82, 2.24) is 4.90 Å². The molecular weight excluding hydrogens is 198 g/mol. The SMILES string of the molecule is CSCCC(C)N(C)CCC(N)=NO. The minimum atomic E-state index is 0.300. The molecule has 14 heavy (non-hydrogen) atoms. The number of thioether (sulfide) groups is 1. The van der Waals surface area contributed by atoms with E-state index in [1.165, 1.54) is 12.2 Å². The Morgan fingerprint density at radius 3 is 2.79 bits per heavy atom. The second-order valence-corrected chi connectivity index (χ2v) is 4.44. The Kier molecular flexibility index (Phi) is 7.70. The highest BCUT2D eigenvalue weighted by Gasteiger charge is 2.08. The number of oxime groups is 1. The molecule has 0 spiro atoms. The monoisotopic (exact) mass is 219 g/mol. The summed E-state index contributed by atoms with van der Waals surface area (Å²) >= 11 is 1.86. The molecule has 3 N–H and O–H groups in total. The fourth-order valence-electron chi connectivity index (χ4n) is 1.07. The Hall–Kier alpha value is -0.420. The Bertz CT molecular complexity index is 175. The molecule has 5 heteroatoms. The van der Waals surface area contributed by atoms with Gasteiger partial charge in [0.05, 0.1) is 0 Å². The predicted octanol–water partition coefficient (Wildman–Crippen LogP) is 1.20.